The van der Waals surface area contributed by atoms with Crippen molar-refractivity contribution in [1.82, 2.24) is 5.32 Å². The molecule has 17 heavy (non-hydrogen) atoms. The molecule has 1 unspecified atom stereocenters. The number of halogens is 2. The van der Waals surface area contributed by atoms with Gasteiger partial charge in [0.05, 0.1) is 5.02 Å². The van der Waals surface area contributed by atoms with Crippen molar-refractivity contribution in [1.29, 1.82) is 0 Å². The summed E-state index contributed by atoms with van der Waals surface area (Å²) in [5.74, 6) is -0.308. The van der Waals surface area contributed by atoms with Crippen LogP contribution in [0.1, 0.15) is 27.7 Å². The van der Waals surface area contributed by atoms with E-state index in [4.69, 9.17) is 16.3 Å². The molecule has 96 valence electrons. The van der Waals surface area contributed by atoms with Crippen molar-refractivity contribution >= 4 is 11.6 Å². The zero-order valence-corrected chi connectivity index (χ0v) is 11.4. The quantitative estimate of drug-likeness (QED) is 0.892. The van der Waals surface area contributed by atoms with E-state index in [-0.39, 0.29) is 22.4 Å². The molecule has 0 radical (unpaired) electrons. The number of rotatable bonds is 4. The van der Waals surface area contributed by atoms with Crippen LogP contribution in [0.15, 0.2) is 18.2 Å². The van der Waals surface area contributed by atoms with E-state index in [2.05, 4.69) is 26.1 Å². The van der Waals surface area contributed by atoms with E-state index in [0.29, 0.717) is 6.54 Å². The van der Waals surface area contributed by atoms with Gasteiger partial charge in [-0.3, -0.25) is 0 Å². The molecule has 1 rings (SSSR count). The molecule has 0 aliphatic carbocycles. The fraction of sp³-hybridized carbons (Fsp3) is 0.538. The lowest BCUT2D eigenvalue weighted by atomic mass is 10.1. The number of hydrogen-bond acceptors (Lipinski definition) is 2. The number of ether oxygens (including phenoxy) is 1. The number of nitrogens with one attached hydrogen (secondary N) is 1. The molecule has 0 aliphatic rings. The zero-order valence-electron chi connectivity index (χ0n) is 10.7. The smallest absolute Gasteiger partial charge is 0.183 e. The van der Waals surface area contributed by atoms with Crippen LogP contribution in [0.2, 0.25) is 5.02 Å². The van der Waals surface area contributed by atoms with Gasteiger partial charge in [0.25, 0.3) is 0 Å². The Morgan fingerprint density at radius 1 is 1.41 bits per heavy atom. The fourth-order valence-corrected chi connectivity index (χ4v) is 1.45. The van der Waals surface area contributed by atoms with Crippen molar-refractivity contribution in [2.75, 3.05) is 6.54 Å². The molecule has 0 heterocycles. The predicted octanol–water partition coefficient (Wildman–Crippen LogP) is 3.63. The molecule has 1 atom stereocenters. The summed E-state index contributed by atoms with van der Waals surface area (Å²) in [7, 11) is 0. The lowest BCUT2D eigenvalue weighted by Gasteiger charge is -2.24. The van der Waals surface area contributed by atoms with Crippen LogP contribution in [0.3, 0.4) is 0 Å². The van der Waals surface area contributed by atoms with Crippen molar-refractivity contribution in [2.45, 2.75) is 39.3 Å². The third kappa shape index (κ3) is 4.92. The highest BCUT2D eigenvalue weighted by molar-refractivity contribution is 6.30. The molecule has 1 aromatic rings. The van der Waals surface area contributed by atoms with Crippen molar-refractivity contribution < 1.29 is 9.13 Å². The molecule has 0 saturated heterocycles. The molecule has 0 spiro atoms. The van der Waals surface area contributed by atoms with E-state index in [9.17, 15) is 4.39 Å². The number of hydrogen-bond donors (Lipinski definition) is 1. The van der Waals surface area contributed by atoms with Gasteiger partial charge in [-0.1, -0.05) is 17.7 Å². The van der Waals surface area contributed by atoms with Crippen LogP contribution in [0.5, 0.6) is 5.75 Å². The molecule has 0 aliphatic heterocycles. The van der Waals surface area contributed by atoms with Crippen LogP contribution in [-0.4, -0.2) is 18.2 Å². The highest BCUT2D eigenvalue weighted by Crippen LogP contribution is 2.24. The van der Waals surface area contributed by atoms with Crippen LogP contribution >= 0.6 is 11.6 Å². The Bertz CT molecular complexity index is 376. The molecular weight excluding hydrogens is 241 g/mol. The minimum atomic E-state index is -0.503. The fourth-order valence-electron chi connectivity index (χ4n) is 1.28. The molecule has 1 aromatic carbocycles. The van der Waals surface area contributed by atoms with Crippen LogP contribution in [0.4, 0.5) is 4.39 Å². The Labute approximate surface area is 107 Å². The van der Waals surface area contributed by atoms with Crippen LogP contribution in [-0.2, 0) is 0 Å². The van der Waals surface area contributed by atoms with Crippen LogP contribution in [0.25, 0.3) is 0 Å². The topological polar surface area (TPSA) is 21.3 Å². The van der Waals surface area contributed by atoms with Crippen LogP contribution < -0.4 is 10.1 Å². The minimum Gasteiger partial charge on any atom is -0.486 e. The zero-order chi connectivity index (χ0) is 13.1. The molecule has 0 bridgehead atoms. The predicted molar refractivity (Wildman–Crippen MR) is 69.3 cm³/mol. The second kappa shape index (κ2) is 5.69. The van der Waals surface area contributed by atoms with E-state index in [1.807, 2.05) is 6.92 Å². The van der Waals surface area contributed by atoms with E-state index in [0.717, 1.165) is 0 Å². The first-order chi connectivity index (χ1) is 7.79. The van der Waals surface area contributed by atoms with E-state index in [1.165, 1.54) is 6.07 Å². The Hall–Kier alpha value is -0.800. The maximum absolute atomic E-state index is 13.6. The molecule has 0 amide bonds. The Morgan fingerprint density at radius 3 is 2.65 bits per heavy atom. The molecule has 0 aromatic heterocycles. The van der Waals surface area contributed by atoms with Crippen molar-refractivity contribution in [3.8, 4) is 5.75 Å². The summed E-state index contributed by atoms with van der Waals surface area (Å²) in [4.78, 5) is 0. The summed E-state index contributed by atoms with van der Waals surface area (Å²) >= 11 is 5.68. The summed E-state index contributed by atoms with van der Waals surface area (Å²) < 4.78 is 19.1. The first-order valence-corrected chi connectivity index (χ1v) is 6.03. The standard InChI is InChI=1S/C13H19ClFNO/c1-9(8-16-13(2,3)4)17-11-7-5-6-10(14)12(11)15/h5-7,9,16H,8H2,1-4H3. The second-order valence-electron chi connectivity index (χ2n) is 5.11. The normalized spacial score (nSPS) is 13.5. The summed E-state index contributed by atoms with van der Waals surface area (Å²) in [6.07, 6.45) is -0.123. The average Bonchev–Trinajstić information content (AvgIpc) is 2.21. The lowest BCUT2D eigenvalue weighted by Crippen LogP contribution is -2.41. The molecule has 2 nitrogen and oxygen atoms in total. The van der Waals surface area contributed by atoms with Gasteiger partial charge in [-0.15, -0.1) is 0 Å². The van der Waals surface area contributed by atoms with Gasteiger partial charge >= 0.3 is 0 Å². The maximum atomic E-state index is 13.6. The van der Waals surface area contributed by atoms with Gasteiger partial charge in [0.2, 0.25) is 0 Å². The molecule has 0 saturated carbocycles. The Balaban J connectivity index is 2.56. The van der Waals surface area contributed by atoms with Gasteiger partial charge in [0, 0.05) is 12.1 Å². The first kappa shape index (κ1) is 14.3. The molecular formula is C13H19ClFNO. The summed E-state index contributed by atoms with van der Waals surface area (Å²) in [6, 6.07) is 4.75. The summed E-state index contributed by atoms with van der Waals surface area (Å²) in [6.45, 7) is 8.74. The van der Waals surface area contributed by atoms with Crippen molar-refractivity contribution in [2.24, 2.45) is 0 Å². The second-order valence-corrected chi connectivity index (χ2v) is 5.52. The van der Waals surface area contributed by atoms with E-state index in [1.54, 1.807) is 12.1 Å². The third-order valence-electron chi connectivity index (χ3n) is 2.16. The highest BCUT2D eigenvalue weighted by Gasteiger charge is 2.14. The average molecular weight is 260 g/mol. The maximum Gasteiger partial charge on any atom is 0.183 e. The molecule has 1 N–H and O–H groups in total. The molecule has 0 fully saturated rings. The van der Waals surface area contributed by atoms with E-state index < -0.39 is 5.82 Å². The summed E-state index contributed by atoms with van der Waals surface area (Å²) in [5.41, 5.74) is 0.0184. The van der Waals surface area contributed by atoms with Gasteiger partial charge in [-0.2, -0.15) is 0 Å². The Kier molecular flexibility index (Phi) is 4.78. The SMILES string of the molecule is CC(CNC(C)(C)C)Oc1cccc(Cl)c1F. The number of benzene rings is 1. The van der Waals surface area contributed by atoms with E-state index >= 15 is 0 Å². The third-order valence-corrected chi connectivity index (χ3v) is 2.46. The molecule has 4 heteroatoms. The monoisotopic (exact) mass is 259 g/mol. The highest BCUT2D eigenvalue weighted by atomic mass is 35.5. The van der Waals surface area contributed by atoms with Gasteiger partial charge in [0.15, 0.2) is 11.6 Å². The Morgan fingerprint density at radius 2 is 2.06 bits per heavy atom. The van der Waals surface area contributed by atoms with Gasteiger partial charge in [-0.05, 0) is 39.8 Å². The largest absolute Gasteiger partial charge is 0.486 e. The van der Waals surface area contributed by atoms with Gasteiger partial charge < -0.3 is 10.1 Å². The summed E-state index contributed by atoms with van der Waals surface area (Å²) in [5, 5.41) is 3.38. The first-order valence-electron chi connectivity index (χ1n) is 5.65. The van der Waals surface area contributed by atoms with Crippen LogP contribution in [0, 0.1) is 5.82 Å². The van der Waals surface area contributed by atoms with Crippen molar-refractivity contribution in [3.05, 3.63) is 29.0 Å². The minimum absolute atomic E-state index is 0.0184. The van der Waals surface area contributed by atoms with Gasteiger partial charge in [0.1, 0.15) is 6.10 Å². The lowest BCUT2D eigenvalue weighted by molar-refractivity contribution is 0.195. The van der Waals surface area contributed by atoms with Crippen molar-refractivity contribution in [3.63, 3.8) is 0 Å². The van der Waals surface area contributed by atoms with Gasteiger partial charge in [-0.25, -0.2) is 4.39 Å².